The first-order chi connectivity index (χ1) is 9.99. The molecule has 0 radical (unpaired) electrons. The number of rotatable bonds is 9. The van der Waals surface area contributed by atoms with Crippen molar-refractivity contribution in [1.29, 1.82) is 0 Å². The van der Waals surface area contributed by atoms with Crippen LogP contribution in [0.1, 0.15) is 25.8 Å². The lowest BCUT2D eigenvalue weighted by molar-refractivity contribution is -0.149. The summed E-state index contributed by atoms with van der Waals surface area (Å²) in [4.78, 5) is 11.6. The van der Waals surface area contributed by atoms with Crippen LogP contribution >= 0.6 is 0 Å². The van der Waals surface area contributed by atoms with E-state index >= 15 is 0 Å². The largest absolute Gasteiger partial charge is 0.494 e. The molecule has 0 spiro atoms. The fourth-order valence-corrected chi connectivity index (χ4v) is 1.75. The number of methoxy groups -OCH3 is 1. The molecule has 0 amide bonds. The molecule has 0 saturated carbocycles. The number of hydrogen-bond acceptors (Lipinski definition) is 5. The molecule has 0 aliphatic heterocycles. The number of hydrogen-bond donors (Lipinski definition) is 1. The molecule has 5 nitrogen and oxygen atoms in total. The van der Waals surface area contributed by atoms with E-state index < -0.39 is 11.5 Å². The highest BCUT2D eigenvalue weighted by molar-refractivity contribution is 5.79. The normalized spacial score (nSPS) is 13.5. The maximum atomic E-state index is 11.6. The van der Waals surface area contributed by atoms with Gasteiger partial charge in [0, 0.05) is 13.5 Å². The van der Waals surface area contributed by atoms with Gasteiger partial charge in [-0.1, -0.05) is 12.1 Å². The predicted molar refractivity (Wildman–Crippen MR) is 81.4 cm³/mol. The average Bonchev–Trinajstić information content (AvgIpc) is 2.46. The Morgan fingerprint density at radius 3 is 2.48 bits per heavy atom. The standard InChI is InChI=1S/C16H25NO4/c1-4-20-15(18)16(2,17)10-12-21-14-7-5-13(6-8-14)9-11-19-3/h5-8H,4,9-12,17H2,1-3H3. The minimum atomic E-state index is -1.02. The van der Waals surface area contributed by atoms with Crippen molar-refractivity contribution in [2.45, 2.75) is 32.2 Å². The third-order valence-electron chi connectivity index (χ3n) is 3.15. The van der Waals surface area contributed by atoms with E-state index in [0.717, 1.165) is 12.2 Å². The zero-order chi connectivity index (χ0) is 15.7. The lowest BCUT2D eigenvalue weighted by Crippen LogP contribution is -2.47. The molecule has 1 aromatic rings. The second kappa shape index (κ2) is 8.64. The van der Waals surface area contributed by atoms with E-state index in [1.165, 1.54) is 5.56 Å². The molecular formula is C16H25NO4. The van der Waals surface area contributed by atoms with E-state index in [1.807, 2.05) is 24.3 Å². The van der Waals surface area contributed by atoms with Gasteiger partial charge in [-0.15, -0.1) is 0 Å². The lowest BCUT2D eigenvalue weighted by Gasteiger charge is -2.22. The molecule has 1 aromatic carbocycles. The highest BCUT2D eigenvalue weighted by atomic mass is 16.5. The third-order valence-corrected chi connectivity index (χ3v) is 3.15. The van der Waals surface area contributed by atoms with Gasteiger partial charge in [0.05, 0.1) is 19.8 Å². The van der Waals surface area contributed by atoms with Crippen molar-refractivity contribution in [2.75, 3.05) is 26.9 Å². The van der Waals surface area contributed by atoms with Gasteiger partial charge in [-0.3, -0.25) is 4.79 Å². The molecule has 0 saturated heterocycles. The van der Waals surface area contributed by atoms with E-state index in [1.54, 1.807) is 21.0 Å². The number of esters is 1. The van der Waals surface area contributed by atoms with Crippen LogP contribution in [0, 0.1) is 0 Å². The molecule has 1 unspecified atom stereocenters. The van der Waals surface area contributed by atoms with Crippen molar-refractivity contribution in [3.8, 4) is 5.75 Å². The van der Waals surface area contributed by atoms with Crippen LogP contribution in [0.4, 0.5) is 0 Å². The molecule has 2 N–H and O–H groups in total. The number of benzene rings is 1. The minimum absolute atomic E-state index is 0.329. The molecule has 0 bridgehead atoms. The van der Waals surface area contributed by atoms with Crippen LogP contribution in [0.2, 0.25) is 0 Å². The summed E-state index contributed by atoms with van der Waals surface area (Å²) < 4.78 is 15.6. The first-order valence-electron chi connectivity index (χ1n) is 7.16. The van der Waals surface area contributed by atoms with Crippen molar-refractivity contribution in [2.24, 2.45) is 5.73 Å². The molecule has 0 aliphatic carbocycles. The monoisotopic (exact) mass is 295 g/mol. The van der Waals surface area contributed by atoms with E-state index in [9.17, 15) is 4.79 Å². The van der Waals surface area contributed by atoms with Crippen LogP contribution in [0.5, 0.6) is 5.75 Å². The van der Waals surface area contributed by atoms with Gasteiger partial charge in [-0.25, -0.2) is 0 Å². The van der Waals surface area contributed by atoms with Crippen LogP contribution < -0.4 is 10.5 Å². The summed E-state index contributed by atoms with van der Waals surface area (Å²) in [5.74, 6) is 0.360. The Kier molecular flexibility index (Phi) is 7.19. The average molecular weight is 295 g/mol. The fraction of sp³-hybridized carbons (Fsp3) is 0.562. The summed E-state index contributed by atoms with van der Waals surface area (Å²) in [6.45, 7) is 4.81. The maximum Gasteiger partial charge on any atom is 0.325 e. The van der Waals surface area contributed by atoms with Crippen molar-refractivity contribution in [3.63, 3.8) is 0 Å². The molecule has 0 fully saturated rings. The molecule has 0 heterocycles. The minimum Gasteiger partial charge on any atom is -0.494 e. The topological polar surface area (TPSA) is 70.8 Å². The molecule has 21 heavy (non-hydrogen) atoms. The number of ether oxygens (including phenoxy) is 3. The molecule has 1 rings (SSSR count). The van der Waals surface area contributed by atoms with Crippen LogP contribution in [-0.4, -0.2) is 38.4 Å². The van der Waals surface area contributed by atoms with Gasteiger partial charge in [0.25, 0.3) is 0 Å². The molecule has 0 aromatic heterocycles. The van der Waals surface area contributed by atoms with Crippen molar-refractivity contribution in [1.82, 2.24) is 0 Å². The zero-order valence-corrected chi connectivity index (χ0v) is 13.1. The van der Waals surface area contributed by atoms with Crippen molar-refractivity contribution >= 4 is 5.97 Å². The van der Waals surface area contributed by atoms with E-state index in [4.69, 9.17) is 19.9 Å². The summed E-state index contributed by atoms with van der Waals surface area (Å²) in [6.07, 6.45) is 1.28. The molecule has 0 aliphatic rings. The van der Waals surface area contributed by atoms with Gasteiger partial charge in [-0.05, 0) is 38.0 Å². The second-order valence-electron chi connectivity index (χ2n) is 5.12. The Hall–Kier alpha value is -1.59. The highest BCUT2D eigenvalue weighted by Gasteiger charge is 2.29. The summed E-state index contributed by atoms with van der Waals surface area (Å²) in [5, 5.41) is 0. The van der Waals surface area contributed by atoms with Gasteiger partial charge >= 0.3 is 5.97 Å². The van der Waals surface area contributed by atoms with E-state index in [2.05, 4.69) is 0 Å². The summed E-state index contributed by atoms with van der Waals surface area (Å²) >= 11 is 0. The van der Waals surface area contributed by atoms with Crippen molar-refractivity contribution in [3.05, 3.63) is 29.8 Å². The Bertz CT molecular complexity index is 428. The molecular weight excluding hydrogens is 270 g/mol. The van der Waals surface area contributed by atoms with Crippen LogP contribution in [0.3, 0.4) is 0 Å². The molecule has 5 heteroatoms. The van der Waals surface area contributed by atoms with Gasteiger partial charge in [0.2, 0.25) is 0 Å². The Labute approximate surface area is 126 Å². The second-order valence-corrected chi connectivity index (χ2v) is 5.12. The third kappa shape index (κ3) is 6.14. The highest BCUT2D eigenvalue weighted by Crippen LogP contribution is 2.15. The fourth-order valence-electron chi connectivity index (χ4n) is 1.75. The quantitative estimate of drug-likeness (QED) is 0.705. The number of carbonyl (C=O) groups is 1. The van der Waals surface area contributed by atoms with Crippen LogP contribution in [-0.2, 0) is 20.7 Å². The molecule has 118 valence electrons. The number of nitrogens with two attached hydrogens (primary N) is 1. The summed E-state index contributed by atoms with van der Waals surface area (Å²) in [5.41, 5.74) is 6.10. The number of carbonyl (C=O) groups excluding carboxylic acids is 1. The smallest absolute Gasteiger partial charge is 0.325 e. The SMILES string of the molecule is CCOC(=O)C(C)(N)CCOc1ccc(CCOC)cc1. The van der Waals surface area contributed by atoms with E-state index in [0.29, 0.717) is 26.2 Å². The maximum absolute atomic E-state index is 11.6. The van der Waals surface area contributed by atoms with Gasteiger partial charge in [0.15, 0.2) is 0 Å². The van der Waals surface area contributed by atoms with Crippen LogP contribution in [0.15, 0.2) is 24.3 Å². The summed E-state index contributed by atoms with van der Waals surface area (Å²) in [7, 11) is 1.69. The van der Waals surface area contributed by atoms with Gasteiger partial charge in [0.1, 0.15) is 11.3 Å². The Balaban J connectivity index is 2.39. The van der Waals surface area contributed by atoms with E-state index in [-0.39, 0.29) is 0 Å². The lowest BCUT2D eigenvalue weighted by atomic mass is 10.0. The van der Waals surface area contributed by atoms with Gasteiger partial charge < -0.3 is 19.9 Å². The van der Waals surface area contributed by atoms with Crippen LogP contribution in [0.25, 0.3) is 0 Å². The predicted octanol–water partition coefficient (Wildman–Crippen LogP) is 1.92. The Morgan fingerprint density at radius 2 is 1.90 bits per heavy atom. The Morgan fingerprint density at radius 1 is 1.24 bits per heavy atom. The zero-order valence-electron chi connectivity index (χ0n) is 13.1. The first-order valence-corrected chi connectivity index (χ1v) is 7.16. The summed E-state index contributed by atoms with van der Waals surface area (Å²) in [6, 6.07) is 7.81. The van der Waals surface area contributed by atoms with Crippen molar-refractivity contribution < 1.29 is 19.0 Å². The first kappa shape index (κ1) is 17.5. The van der Waals surface area contributed by atoms with Gasteiger partial charge in [-0.2, -0.15) is 0 Å². The molecule has 1 atom stereocenters.